The van der Waals surface area contributed by atoms with Gasteiger partial charge in [-0.3, -0.25) is 19.0 Å². The Kier molecular flexibility index (Phi) is 9.39. The van der Waals surface area contributed by atoms with Crippen molar-refractivity contribution in [1.29, 1.82) is 0 Å². The van der Waals surface area contributed by atoms with Crippen LogP contribution in [0.25, 0.3) is 10.9 Å². The number of amides is 1. The number of carbonyl (C=O) groups excluding carboxylic acids is 2. The molecule has 0 saturated heterocycles. The quantitative estimate of drug-likeness (QED) is 0.174. The number of hydrogen-bond donors (Lipinski definition) is 1. The molecule has 34 heavy (non-hydrogen) atoms. The summed E-state index contributed by atoms with van der Waals surface area (Å²) < 4.78 is 16.1. The standard InChI is InChI=1S/C26H30FN3O3S/c1-3-4-5-8-15-30-25(33)21-9-6-7-10-23(21)29-26(30)34-17-24(32)20-12-11-19(22(27)16-20)13-14-28-18(2)31/h6-7,9-12,16H,3-5,8,13-15,17H2,1-2H3,(H,28,31). The molecule has 6 nitrogen and oxygen atoms in total. The summed E-state index contributed by atoms with van der Waals surface area (Å²) in [5.41, 5.74) is 1.20. The molecule has 0 bridgehead atoms. The number of benzene rings is 2. The van der Waals surface area contributed by atoms with E-state index in [-0.39, 0.29) is 28.6 Å². The first-order chi connectivity index (χ1) is 16.4. The van der Waals surface area contributed by atoms with Crippen LogP contribution in [-0.2, 0) is 17.8 Å². The molecule has 0 radical (unpaired) electrons. The van der Waals surface area contributed by atoms with E-state index in [1.165, 1.54) is 24.8 Å². The van der Waals surface area contributed by atoms with Gasteiger partial charge in [0.1, 0.15) is 5.82 Å². The first-order valence-electron chi connectivity index (χ1n) is 11.6. The number of nitrogens with one attached hydrogen (secondary N) is 1. The van der Waals surface area contributed by atoms with Gasteiger partial charge in [-0.25, -0.2) is 9.37 Å². The lowest BCUT2D eigenvalue weighted by Gasteiger charge is -2.13. The number of aromatic nitrogens is 2. The number of ketones is 1. The van der Waals surface area contributed by atoms with Crippen molar-refractivity contribution in [2.24, 2.45) is 0 Å². The minimum absolute atomic E-state index is 0.0461. The van der Waals surface area contributed by atoms with Crippen molar-refractivity contribution in [3.05, 3.63) is 69.8 Å². The molecule has 0 unspecified atom stereocenters. The molecule has 0 aliphatic rings. The van der Waals surface area contributed by atoms with Crippen molar-refractivity contribution in [2.45, 2.75) is 57.7 Å². The summed E-state index contributed by atoms with van der Waals surface area (Å²) in [6.45, 7) is 4.42. The van der Waals surface area contributed by atoms with Crippen LogP contribution in [0.2, 0.25) is 0 Å². The van der Waals surface area contributed by atoms with Gasteiger partial charge >= 0.3 is 0 Å². The molecule has 1 aromatic heterocycles. The molecular formula is C26H30FN3O3S. The van der Waals surface area contributed by atoms with Gasteiger partial charge in [0.05, 0.1) is 16.7 Å². The van der Waals surface area contributed by atoms with Crippen molar-refractivity contribution in [1.82, 2.24) is 14.9 Å². The van der Waals surface area contributed by atoms with Gasteiger partial charge in [0.25, 0.3) is 5.56 Å². The average Bonchev–Trinajstić information content (AvgIpc) is 2.82. The molecule has 0 aliphatic carbocycles. The molecule has 180 valence electrons. The summed E-state index contributed by atoms with van der Waals surface area (Å²) in [7, 11) is 0. The zero-order valence-electron chi connectivity index (χ0n) is 19.6. The summed E-state index contributed by atoms with van der Waals surface area (Å²) in [4.78, 5) is 41.5. The van der Waals surface area contributed by atoms with E-state index in [1.54, 1.807) is 28.8 Å². The van der Waals surface area contributed by atoms with Gasteiger partial charge in [0, 0.05) is 25.6 Å². The number of Topliss-reactive ketones (excluding diaryl/α,β-unsaturated/α-hetero) is 1. The maximum atomic E-state index is 14.5. The van der Waals surface area contributed by atoms with Crippen LogP contribution >= 0.6 is 11.8 Å². The Morgan fingerprint density at radius 2 is 1.91 bits per heavy atom. The summed E-state index contributed by atoms with van der Waals surface area (Å²) in [6, 6.07) is 11.6. The van der Waals surface area contributed by atoms with E-state index < -0.39 is 5.82 Å². The van der Waals surface area contributed by atoms with Crippen LogP contribution in [0.5, 0.6) is 0 Å². The number of rotatable bonds is 12. The topological polar surface area (TPSA) is 81.1 Å². The molecule has 0 spiro atoms. The van der Waals surface area contributed by atoms with Gasteiger partial charge in [0.15, 0.2) is 10.9 Å². The largest absolute Gasteiger partial charge is 0.356 e. The van der Waals surface area contributed by atoms with E-state index in [0.29, 0.717) is 41.1 Å². The lowest BCUT2D eigenvalue weighted by atomic mass is 10.1. The number of nitrogens with zero attached hydrogens (tertiary/aromatic N) is 2. The van der Waals surface area contributed by atoms with Crippen molar-refractivity contribution in [3.63, 3.8) is 0 Å². The summed E-state index contributed by atoms with van der Waals surface area (Å²) in [5.74, 6) is -0.838. The van der Waals surface area contributed by atoms with E-state index >= 15 is 0 Å². The van der Waals surface area contributed by atoms with E-state index in [9.17, 15) is 18.8 Å². The highest BCUT2D eigenvalue weighted by Crippen LogP contribution is 2.21. The van der Waals surface area contributed by atoms with Gasteiger partial charge < -0.3 is 5.32 Å². The molecule has 1 amide bonds. The zero-order valence-corrected chi connectivity index (χ0v) is 20.4. The van der Waals surface area contributed by atoms with Gasteiger partial charge in [-0.2, -0.15) is 0 Å². The first-order valence-corrected chi connectivity index (χ1v) is 12.6. The van der Waals surface area contributed by atoms with Crippen molar-refractivity contribution in [3.8, 4) is 0 Å². The molecule has 1 heterocycles. The summed E-state index contributed by atoms with van der Waals surface area (Å²) >= 11 is 1.20. The number of thioether (sulfide) groups is 1. The molecule has 1 N–H and O–H groups in total. The highest BCUT2D eigenvalue weighted by molar-refractivity contribution is 7.99. The number of unbranched alkanes of at least 4 members (excludes halogenated alkanes) is 3. The maximum absolute atomic E-state index is 14.5. The minimum atomic E-state index is -0.474. The molecule has 0 fully saturated rings. The highest BCUT2D eigenvalue weighted by atomic mass is 32.2. The van der Waals surface area contributed by atoms with Crippen molar-refractivity contribution < 1.29 is 14.0 Å². The minimum Gasteiger partial charge on any atom is -0.356 e. The van der Waals surface area contributed by atoms with E-state index in [0.717, 1.165) is 25.7 Å². The second-order valence-corrected chi connectivity index (χ2v) is 9.12. The van der Waals surface area contributed by atoms with Crippen LogP contribution in [0.15, 0.2) is 52.4 Å². The second-order valence-electron chi connectivity index (χ2n) is 8.18. The third-order valence-electron chi connectivity index (χ3n) is 5.54. The summed E-state index contributed by atoms with van der Waals surface area (Å²) in [5, 5.41) is 3.69. The molecular weight excluding hydrogens is 453 g/mol. The normalized spacial score (nSPS) is 11.0. The van der Waals surface area contributed by atoms with Crippen LogP contribution in [0.3, 0.4) is 0 Å². The Balaban J connectivity index is 1.74. The predicted molar refractivity (Wildman–Crippen MR) is 134 cm³/mol. The fourth-order valence-electron chi connectivity index (χ4n) is 3.66. The number of fused-ring (bicyclic) bond motifs is 1. The highest BCUT2D eigenvalue weighted by Gasteiger charge is 2.15. The van der Waals surface area contributed by atoms with Crippen LogP contribution in [0, 0.1) is 5.82 Å². The molecule has 2 aromatic carbocycles. The third kappa shape index (κ3) is 6.76. The zero-order chi connectivity index (χ0) is 24.5. The van der Waals surface area contributed by atoms with Crippen LogP contribution in [0.1, 0.15) is 55.5 Å². The number of para-hydroxylation sites is 1. The molecule has 3 rings (SSSR count). The van der Waals surface area contributed by atoms with Gasteiger partial charge in [-0.05, 0) is 36.6 Å². The van der Waals surface area contributed by atoms with Crippen LogP contribution in [0.4, 0.5) is 4.39 Å². The Hall–Kier alpha value is -3.00. The third-order valence-corrected chi connectivity index (χ3v) is 6.51. The molecule has 0 saturated carbocycles. The SMILES string of the molecule is CCCCCCn1c(SCC(=O)c2ccc(CCNC(C)=O)c(F)c2)nc2ccccc2c1=O. The van der Waals surface area contributed by atoms with Crippen LogP contribution in [-0.4, -0.2) is 33.5 Å². The smallest absolute Gasteiger partial charge is 0.262 e. The van der Waals surface area contributed by atoms with E-state index in [2.05, 4.69) is 17.2 Å². The summed E-state index contributed by atoms with van der Waals surface area (Å²) in [6.07, 6.45) is 4.43. The average molecular weight is 484 g/mol. The molecule has 3 aromatic rings. The van der Waals surface area contributed by atoms with E-state index in [1.807, 2.05) is 12.1 Å². The molecule has 8 heteroatoms. The molecule has 0 aliphatic heterocycles. The van der Waals surface area contributed by atoms with Gasteiger partial charge in [-0.1, -0.05) is 62.2 Å². The lowest BCUT2D eigenvalue weighted by molar-refractivity contribution is -0.118. The Morgan fingerprint density at radius 1 is 1.12 bits per heavy atom. The van der Waals surface area contributed by atoms with Crippen molar-refractivity contribution in [2.75, 3.05) is 12.3 Å². The lowest BCUT2D eigenvalue weighted by Crippen LogP contribution is -2.24. The van der Waals surface area contributed by atoms with Crippen molar-refractivity contribution >= 4 is 34.4 Å². The predicted octanol–water partition coefficient (Wildman–Crippen LogP) is 4.77. The number of halogens is 1. The number of hydrogen-bond acceptors (Lipinski definition) is 5. The van der Waals surface area contributed by atoms with Crippen LogP contribution < -0.4 is 10.9 Å². The Bertz CT molecular complexity index is 1230. The van der Waals surface area contributed by atoms with Gasteiger partial charge in [0.2, 0.25) is 5.91 Å². The Morgan fingerprint density at radius 3 is 2.65 bits per heavy atom. The maximum Gasteiger partial charge on any atom is 0.262 e. The Labute approximate surface area is 203 Å². The monoisotopic (exact) mass is 483 g/mol. The van der Waals surface area contributed by atoms with Gasteiger partial charge in [-0.15, -0.1) is 0 Å². The number of carbonyl (C=O) groups is 2. The second kappa shape index (κ2) is 12.5. The molecule has 0 atom stereocenters. The fourth-order valence-corrected chi connectivity index (χ4v) is 4.58. The fraction of sp³-hybridized carbons (Fsp3) is 0.385. The van der Waals surface area contributed by atoms with E-state index in [4.69, 9.17) is 0 Å². The first kappa shape index (κ1) is 25.6.